The molecule has 0 saturated carbocycles. The first kappa shape index (κ1) is 7.93. The highest BCUT2D eigenvalue weighted by Gasteiger charge is 2.30. The number of cyclic esters (lactones) is 1. The predicted molar refractivity (Wildman–Crippen MR) is 47.6 cm³/mol. The fourth-order valence-corrected chi connectivity index (χ4v) is 1.49. The molecule has 0 bridgehead atoms. The van der Waals surface area contributed by atoms with E-state index in [-0.39, 0.29) is 12.1 Å². The minimum Gasteiger partial charge on any atom is -0.449 e. The van der Waals surface area contributed by atoms with Crippen molar-refractivity contribution in [2.45, 2.75) is 12.5 Å². The van der Waals surface area contributed by atoms with E-state index in [1.54, 1.807) is 6.08 Å². The van der Waals surface area contributed by atoms with Crippen molar-refractivity contribution in [1.82, 2.24) is 4.90 Å². The van der Waals surface area contributed by atoms with E-state index in [9.17, 15) is 4.79 Å². The molecule has 1 fully saturated rings. The molecule has 13 heavy (non-hydrogen) atoms. The standard InChI is InChI=1S/C10H9NO2/c1-2-8-4-3-5-9-6-7-13-10(12)11(8)9/h1,3-5,8H,6-7H2. The number of terminal acetylenes is 1. The summed E-state index contributed by atoms with van der Waals surface area (Å²) in [5, 5.41) is 0. The molecule has 3 heteroatoms. The zero-order chi connectivity index (χ0) is 9.26. The van der Waals surface area contributed by atoms with Crippen LogP contribution in [0.1, 0.15) is 6.42 Å². The topological polar surface area (TPSA) is 29.5 Å². The minimum absolute atomic E-state index is 0.284. The smallest absolute Gasteiger partial charge is 0.415 e. The molecule has 2 rings (SSSR count). The second kappa shape index (κ2) is 2.98. The Labute approximate surface area is 76.7 Å². The van der Waals surface area contributed by atoms with Crippen LogP contribution >= 0.6 is 0 Å². The van der Waals surface area contributed by atoms with E-state index in [1.165, 1.54) is 4.90 Å². The highest BCUT2D eigenvalue weighted by atomic mass is 16.6. The van der Waals surface area contributed by atoms with Gasteiger partial charge in [0.05, 0.1) is 6.61 Å². The minimum atomic E-state index is -0.343. The van der Waals surface area contributed by atoms with Gasteiger partial charge in [0.25, 0.3) is 0 Å². The van der Waals surface area contributed by atoms with Crippen molar-refractivity contribution in [3.8, 4) is 12.3 Å². The van der Waals surface area contributed by atoms with Gasteiger partial charge in [-0.15, -0.1) is 6.42 Å². The van der Waals surface area contributed by atoms with E-state index in [0.717, 1.165) is 12.1 Å². The van der Waals surface area contributed by atoms with Gasteiger partial charge < -0.3 is 4.74 Å². The number of hydrogen-bond donors (Lipinski definition) is 0. The lowest BCUT2D eigenvalue weighted by Crippen LogP contribution is -2.42. The van der Waals surface area contributed by atoms with Gasteiger partial charge in [-0.3, -0.25) is 4.90 Å². The van der Waals surface area contributed by atoms with Crippen molar-refractivity contribution in [3.05, 3.63) is 23.9 Å². The number of amides is 1. The van der Waals surface area contributed by atoms with Crippen LogP contribution in [0.25, 0.3) is 0 Å². The number of carbonyl (C=O) groups excluding carboxylic acids is 1. The molecule has 3 nitrogen and oxygen atoms in total. The maximum Gasteiger partial charge on any atom is 0.415 e. The summed E-state index contributed by atoms with van der Waals surface area (Å²) in [6, 6.07) is -0.284. The third-order valence-corrected chi connectivity index (χ3v) is 2.12. The fourth-order valence-electron chi connectivity index (χ4n) is 1.49. The lowest BCUT2D eigenvalue weighted by atomic mass is 10.1. The quantitative estimate of drug-likeness (QED) is 0.519. The van der Waals surface area contributed by atoms with Crippen LogP contribution in [-0.4, -0.2) is 23.6 Å². The zero-order valence-electron chi connectivity index (χ0n) is 7.06. The van der Waals surface area contributed by atoms with Crippen LogP contribution in [0.4, 0.5) is 4.79 Å². The predicted octanol–water partition coefficient (Wildman–Crippen LogP) is 1.28. The second-order valence-corrected chi connectivity index (χ2v) is 2.89. The molecule has 1 saturated heterocycles. The van der Waals surface area contributed by atoms with Crippen molar-refractivity contribution >= 4 is 6.09 Å². The van der Waals surface area contributed by atoms with Crippen molar-refractivity contribution in [2.24, 2.45) is 0 Å². The summed E-state index contributed by atoms with van der Waals surface area (Å²) < 4.78 is 4.90. The molecule has 0 radical (unpaired) electrons. The number of carbonyl (C=O) groups is 1. The first-order valence-corrected chi connectivity index (χ1v) is 4.12. The lowest BCUT2D eigenvalue weighted by Gasteiger charge is -2.33. The van der Waals surface area contributed by atoms with Crippen LogP contribution < -0.4 is 0 Å². The van der Waals surface area contributed by atoms with Gasteiger partial charge in [0, 0.05) is 12.1 Å². The van der Waals surface area contributed by atoms with Gasteiger partial charge in [-0.25, -0.2) is 4.79 Å². The third-order valence-electron chi connectivity index (χ3n) is 2.12. The average Bonchev–Trinajstić information content (AvgIpc) is 2.17. The molecule has 2 aliphatic heterocycles. The molecular weight excluding hydrogens is 166 g/mol. The van der Waals surface area contributed by atoms with Gasteiger partial charge in [-0.1, -0.05) is 12.0 Å². The molecule has 2 heterocycles. The van der Waals surface area contributed by atoms with Crippen LogP contribution in [0, 0.1) is 12.3 Å². The molecule has 0 aliphatic carbocycles. The van der Waals surface area contributed by atoms with Crippen LogP contribution in [0.2, 0.25) is 0 Å². The summed E-state index contributed by atoms with van der Waals surface area (Å²) in [7, 11) is 0. The summed E-state index contributed by atoms with van der Waals surface area (Å²) in [4.78, 5) is 12.8. The normalized spacial score (nSPS) is 25.8. The summed E-state index contributed by atoms with van der Waals surface area (Å²) in [6.45, 7) is 0.451. The molecule has 2 aliphatic rings. The molecule has 66 valence electrons. The highest BCUT2D eigenvalue weighted by Crippen LogP contribution is 2.23. The van der Waals surface area contributed by atoms with E-state index in [4.69, 9.17) is 11.2 Å². The van der Waals surface area contributed by atoms with Gasteiger partial charge in [0.2, 0.25) is 0 Å². The van der Waals surface area contributed by atoms with Gasteiger partial charge in [-0.05, 0) is 12.2 Å². The Hall–Kier alpha value is -1.69. The van der Waals surface area contributed by atoms with Crippen LogP contribution in [0.3, 0.4) is 0 Å². The zero-order valence-corrected chi connectivity index (χ0v) is 7.06. The summed E-state index contributed by atoms with van der Waals surface area (Å²) in [6.07, 6.45) is 11.3. The van der Waals surface area contributed by atoms with E-state index < -0.39 is 0 Å². The molecule has 1 amide bonds. The van der Waals surface area contributed by atoms with Crippen LogP contribution in [0.15, 0.2) is 23.9 Å². The Morgan fingerprint density at radius 2 is 2.54 bits per heavy atom. The largest absolute Gasteiger partial charge is 0.449 e. The first-order chi connectivity index (χ1) is 6.33. The van der Waals surface area contributed by atoms with Crippen molar-refractivity contribution < 1.29 is 9.53 Å². The molecule has 0 aromatic heterocycles. The summed E-state index contributed by atoms with van der Waals surface area (Å²) >= 11 is 0. The van der Waals surface area contributed by atoms with E-state index >= 15 is 0 Å². The Morgan fingerprint density at radius 3 is 3.31 bits per heavy atom. The number of nitrogens with zero attached hydrogens (tertiary/aromatic N) is 1. The molecule has 0 aromatic carbocycles. The Kier molecular flexibility index (Phi) is 1.82. The van der Waals surface area contributed by atoms with Crippen LogP contribution in [0.5, 0.6) is 0 Å². The van der Waals surface area contributed by atoms with E-state index in [0.29, 0.717) is 6.61 Å². The SMILES string of the molecule is C#CC1C=CC=C2CCOC(=O)N21. The van der Waals surface area contributed by atoms with E-state index in [1.807, 2.05) is 12.2 Å². The van der Waals surface area contributed by atoms with Crippen molar-refractivity contribution in [3.63, 3.8) is 0 Å². The molecular formula is C10H9NO2. The lowest BCUT2D eigenvalue weighted by molar-refractivity contribution is 0.0890. The van der Waals surface area contributed by atoms with Crippen molar-refractivity contribution in [1.29, 1.82) is 0 Å². The van der Waals surface area contributed by atoms with Crippen molar-refractivity contribution in [2.75, 3.05) is 6.61 Å². The molecule has 0 spiro atoms. The van der Waals surface area contributed by atoms with Gasteiger partial charge in [0.1, 0.15) is 6.04 Å². The second-order valence-electron chi connectivity index (χ2n) is 2.89. The van der Waals surface area contributed by atoms with Gasteiger partial charge in [0.15, 0.2) is 0 Å². The summed E-state index contributed by atoms with van der Waals surface area (Å²) in [5.41, 5.74) is 0.946. The number of hydrogen-bond acceptors (Lipinski definition) is 2. The van der Waals surface area contributed by atoms with Gasteiger partial charge >= 0.3 is 6.09 Å². The van der Waals surface area contributed by atoms with Gasteiger partial charge in [-0.2, -0.15) is 0 Å². The Morgan fingerprint density at radius 1 is 1.69 bits per heavy atom. The van der Waals surface area contributed by atoms with E-state index in [2.05, 4.69) is 5.92 Å². The third kappa shape index (κ3) is 1.20. The Balaban J connectivity index is 2.33. The highest BCUT2D eigenvalue weighted by molar-refractivity contribution is 5.73. The maximum atomic E-state index is 11.3. The summed E-state index contributed by atoms with van der Waals surface area (Å²) in [5.74, 6) is 2.53. The number of ether oxygens (including phenoxy) is 1. The maximum absolute atomic E-state index is 11.3. The molecule has 1 atom stereocenters. The average molecular weight is 175 g/mol. The monoisotopic (exact) mass is 175 g/mol. The van der Waals surface area contributed by atoms with Crippen LogP contribution in [-0.2, 0) is 4.74 Å². The first-order valence-electron chi connectivity index (χ1n) is 4.12. The number of allylic oxidation sites excluding steroid dienone is 2. The molecule has 0 aromatic rings. The Bertz CT molecular complexity index is 335. The fraction of sp³-hybridized carbons (Fsp3) is 0.300. The number of rotatable bonds is 0. The number of fused-ring (bicyclic) bond motifs is 1. The molecule has 0 N–H and O–H groups in total. The molecule has 1 unspecified atom stereocenters.